The molecule has 16 heavy (non-hydrogen) atoms. The van der Waals surface area contributed by atoms with Gasteiger partial charge in [-0.1, -0.05) is 11.6 Å². The van der Waals surface area contributed by atoms with Crippen LogP contribution in [0.5, 0.6) is 0 Å². The van der Waals surface area contributed by atoms with Gasteiger partial charge < -0.3 is 20.2 Å². The van der Waals surface area contributed by atoms with Crippen molar-refractivity contribution in [2.45, 2.75) is 18.8 Å². The number of aromatic nitrogens is 2. The number of nitrogens with zero attached hydrogens (tertiary/aromatic N) is 3. The van der Waals surface area contributed by atoms with E-state index in [1.807, 2.05) is 0 Å². The van der Waals surface area contributed by atoms with Gasteiger partial charge in [0.1, 0.15) is 17.3 Å². The van der Waals surface area contributed by atoms with Crippen LogP contribution in [0, 0.1) is 0 Å². The first-order valence-corrected chi connectivity index (χ1v) is 5.22. The Kier molecular flexibility index (Phi) is 3.25. The molecule has 2 rings (SSSR count). The molecule has 2 unspecified atom stereocenters. The molecule has 0 aromatic carbocycles. The van der Waals surface area contributed by atoms with Crippen molar-refractivity contribution in [3.05, 3.63) is 17.0 Å². The maximum atomic E-state index is 9.43. The van der Waals surface area contributed by atoms with Crippen molar-refractivity contribution in [2.24, 2.45) is 0 Å². The third-order valence-electron chi connectivity index (χ3n) is 2.59. The molecule has 2 heterocycles. The van der Waals surface area contributed by atoms with Crippen LogP contribution in [0.2, 0.25) is 5.15 Å². The summed E-state index contributed by atoms with van der Waals surface area (Å²) in [5.74, 6) is 0.457. The molecule has 0 amide bonds. The van der Waals surface area contributed by atoms with Gasteiger partial charge in [-0.2, -0.15) is 0 Å². The van der Waals surface area contributed by atoms with Gasteiger partial charge in [0.25, 0.3) is 0 Å². The third kappa shape index (κ3) is 1.97. The van der Waals surface area contributed by atoms with Crippen molar-refractivity contribution in [1.29, 1.82) is 0 Å². The highest BCUT2D eigenvalue weighted by Gasteiger charge is 2.31. The number of hydrogen-bond donors (Lipinski definition) is 3. The first kappa shape index (κ1) is 11.5. The van der Waals surface area contributed by atoms with E-state index < -0.39 is 12.2 Å². The predicted molar refractivity (Wildman–Crippen MR) is 57.2 cm³/mol. The van der Waals surface area contributed by atoms with Crippen molar-refractivity contribution >= 4 is 17.4 Å². The zero-order valence-electron chi connectivity index (χ0n) is 8.41. The van der Waals surface area contributed by atoms with Crippen molar-refractivity contribution in [3.8, 4) is 0 Å². The predicted octanol–water partition coefficient (Wildman–Crippen LogP) is -0.836. The van der Waals surface area contributed by atoms with Crippen molar-refractivity contribution in [1.82, 2.24) is 9.97 Å². The van der Waals surface area contributed by atoms with Crippen LogP contribution in [-0.4, -0.2) is 50.6 Å². The van der Waals surface area contributed by atoms with Gasteiger partial charge in [-0.05, 0) is 0 Å². The molecule has 6 nitrogen and oxygen atoms in total. The summed E-state index contributed by atoms with van der Waals surface area (Å²) in [7, 11) is 0. The largest absolute Gasteiger partial charge is 0.391 e. The van der Waals surface area contributed by atoms with Crippen molar-refractivity contribution in [3.63, 3.8) is 0 Å². The SMILES string of the molecule is OCc1c(Cl)ncnc1N1CC(O)C(O)C1. The number of halogens is 1. The van der Waals surface area contributed by atoms with Gasteiger partial charge in [0.15, 0.2) is 0 Å². The summed E-state index contributed by atoms with van der Waals surface area (Å²) in [6.45, 7) is 0.251. The number of aliphatic hydroxyl groups is 3. The molecule has 0 spiro atoms. The van der Waals surface area contributed by atoms with Crippen LogP contribution in [-0.2, 0) is 6.61 Å². The van der Waals surface area contributed by atoms with Crippen LogP contribution < -0.4 is 4.90 Å². The van der Waals surface area contributed by atoms with Crippen LogP contribution in [0.25, 0.3) is 0 Å². The number of anilines is 1. The maximum Gasteiger partial charge on any atom is 0.140 e. The van der Waals surface area contributed by atoms with Gasteiger partial charge in [0.05, 0.1) is 24.4 Å². The molecule has 0 bridgehead atoms. The fourth-order valence-electron chi connectivity index (χ4n) is 1.73. The molecule has 1 aromatic heterocycles. The van der Waals surface area contributed by atoms with E-state index in [1.54, 1.807) is 4.90 Å². The van der Waals surface area contributed by atoms with E-state index in [2.05, 4.69) is 9.97 Å². The summed E-state index contributed by atoms with van der Waals surface area (Å²) in [6, 6.07) is 0. The maximum absolute atomic E-state index is 9.43. The van der Waals surface area contributed by atoms with E-state index in [9.17, 15) is 15.3 Å². The van der Waals surface area contributed by atoms with Gasteiger partial charge in [0.2, 0.25) is 0 Å². The third-order valence-corrected chi connectivity index (χ3v) is 2.91. The second kappa shape index (κ2) is 4.50. The van der Waals surface area contributed by atoms with Crippen LogP contribution >= 0.6 is 11.6 Å². The van der Waals surface area contributed by atoms with Gasteiger partial charge in [-0.15, -0.1) is 0 Å². The van der Waals surface area contributed by atoms with E-state index >= 15 is 0 Å². The van der Waals surface area contributed by atoms with Crippen molar-refractivity contribution < 1.29 is 15.3 Å². The molecular formula is C9H12ClN3O3. The summed E-state index contributed by atoms with van der Waals surface area (Å²) in [5.41, 5.74) is 0.408. The normalized spacial score (nSPS) is 25.1. The van der Waals surface area contributed by atoms with E-state index in [-0.39, 0.29) is 24.8 Å². The highest BCUT2D eigenvalue weighted by atomic mass is 35.5. The fraction of sp³-hybridized carbons (Fsp3) is 0.556. The van der Waals surface area contributed by atoms with Gasteiger partial charge in [-0.3, -0.25) is 0 Å². The highest BCUT2D eigenvalue weighted by Crippen LogP contribution is 2.26. The molecule has 1 aromatic rings. The minimum Gasteiger partial charge on any atom is -0.391 e. The Bertz CT molecular complexity index is 380. The second-order valence-electron chi connectivity index (χ2n) is 3.66. The van der Waals surface area contributed by atoms with E-state index in [0.29, 0.717) is 11.4 Å². The zero-order valence-corrected chi connectivity index (χ0v) is 9.17. The average molecular weight is 246 g/mol. The average Bonchev–Trinajstić information content (AvgIpc) is 2.59. The number of aliphatic hydroxyl groups excluding tert-OH is 3. The highest BCUT2D eigenvalue weighted by molar-refractivity contribution is 6.30. The Balaban J connectivity index is 2.31. The second-order valence-corrected chi connectivity index (χ2v) is 4.02. The van der Waals surface area contributed by atoms with Crippen molar-refractivity contribution in [2.75, 3.05) is 18.0 Å². The van der Waals surface area contributed by atoms with Gasteiger partial charge >= 0.3 is 0 Å². The molecule has 0 saturated carbocycles. The topological polar surface area (TPSA) is 89.7 Å². The van der Waals surface area contributed by atoms with Gasteiger partial charge in [-0.25, -0.2) is 9.97 Å². The quantitative estimate of drug-likeness (QED) is 0.589. The van der Waals surface area contributed by atoms with E-state index in [1.165, 1.54) is 6.33 Å². The number of rotatable bonds is 2. The van der Waals surface area contributed by atoms with Crippen LogP contribution in [0.4, 0.5) is 5.82 Å². The molecule has 1 saturated heterocycles. The van der Waals surface area contributed by atoms with E-state index in [4.69, 9.17) is 11.6 Å². The van der Waals surface area contributed by atoms with Crippen LogP contribution in [0.3, 0.4) is 0 Å². The standard InChI is InChI=1S/C9H12ClN3O3/c10-8-5(3-14)9(12-4-11-8)13-1-6(15)7(16)2-13/h4,6-7,14-16H,1-3H2. The molecule has 1 aliphatic heterocycles. The smallest absolute Gasteiger partial charge is 0.140 e. The first-order chi connectivity index (χ1) is 7.63. The molecule has 2 atom stereocenters. The number of hydrogen-bond acceptors (Lipinski definition) is 6. The van der Waals surface area contributed by atoms with E-state index in [0.717, 1.165) is 0 Å². The summed E-state index contributed by atoms with van der Waals surface area (Å²) in [5, 5.41) is 28.2. The Morgan fingerprint density at radius 3 is 2.50 bits per heavy atom. The molecule has 1 aliphatic rings. The monoisotopic (exact) mass is 245 g/mol. The summed E-state index contributed by atoms with van der Waals surface area (Å²) < 4.78 is 0. The zero-order chi connectivity index (χ0) is 11.7. The fourth-order valence-corrected chi connectivity index (χ4v) is 1.92. The molecular weight excluding hydrogens is 234 g/mol. The summed E-state index contributed by atoms with van der Waals surface area (Å²) in [6.07, 6.45) is -0.325. The lowest BCUT2D eigenvalue weighted by molar-refractivity contribution is 0.0572. The lowest BCUT2D eigenvalue weighted by Gasteiger charge is -2.19. The Morgan fingerprint density at radius 2 is 1.94 bits per heavy atom. The van der Waals surface area contributed by atoms with Gasteiger partial charge in [0, 0.05) is 13.1 Å². The minimum absolute atomic E-state index is 0.184. The summed E-state index contributed by atoms with van der Waals surface area (Å²) in [4.78, 5) is 9.45. The number of β-amino-alcohol motifs (C(OH)–C–C–N with tert-alkyl or cyclic N) is 2. The Labute approximate surface area is 97.1 Å². The van der Waals surface area contributed by atoms with Crippen LogP contribution in [0.15, 0.2) is 6.33 Å². The molecule has 88 valence electrons. The first-order valence-electron chi connectivity index (χ1n) is 4.84. The Hall–Kier alpha value is -0.950. The molecule has 3 N–H and O–H groups in total. The minimum atomic E-state index is -0.805. The summed E-state index contributed by atoms with van der Waals surface area (Å²) >= 11 is 5.82. The van der Waals surface area contributed by atoms with Crippen LogP contribution in [0.1, 0.15) is 5.56 Å². The molecule has 0 aliphatic carbocycles. The Morgan fingerprint density at radius 1 is 1.31 bits per heavy atom. The molecule has 7 heteroatoms. The molecule has 0 radical (unpaired) electrons. The lowest BCUT2D eigenvalue weighted by atomic mass is 10.3. The molecule has 1 fully saturated rings. The lowest BCUT2D eigenvalue weighted by Crippen LogP contribution is -2.24.